The molecular weight excluding hydrogens is 332 g/mol. The van der Waals surface area contributed by atoms with Gasteiger partial charge in [-0.2, -0.15) is 4.52 Å². The van der Waals surface area contributed by atoms with Gasteiger partial charge in [0.1, 0.15) is 11.5 Å². The van der Waals surface area contributed by atoms with E-state index in [-0.39, 0.29) is 0 Å². The number of aromatic nitrogens is 5. The molecule has 3 aromatic heterocycles. The van der Waals surface area contributed by atoms with Crippen molar-refractivity contribution in [3.05, 3.63) is 35.0 Å². The van der Waals surface area contributed by atoms with E-state index in [0.717, 1.165) is 68.2 Å². The Labute approximate surface area is 151 Å². The summed E-state index contributed by atoms with van der Waals surface area (Å²) in [5, 5.41) is 17.4. The van der Waals surface area contributed by atoms with Crippen LogP contribution in [0.4, 0.5) is 0 Å². The lowest BCUT2D eigenvalue weighted by atomic mass is 9.96. The fourth-order valence-electron chi connectivity index (χ4n) is 4.12. The van der Waals surface area contributed by atoms with E-state index in [1.807, 2.05) is 16.6 Å². The average molecular weight is 354 g/mol. The van der Waals surface area contributed by atoms with Crippen molar-refractivity contribution in [2.24, 2.45) is 0 Å². The van der Waals surface area contributed by atoms with Crippen molar-refractivity contribution >= 4 is 5.65 Å². The number of rotatable bonds is 4. The number of fused-ring (bicyclic) bond motifs is 2. The minimum Gasteiger partial charge on any atom is -0.480 e. The number of piperidine rings is 1. The van der Waals surface area contributed by atoms with Crippen LogP contribution in [0.3, 0.4) is 0 Å². The Morgan fingerprint density at radius 3 is 2.92 bits per heavy atom. The van der Waals surface area contributed by atoms with Crippen molar-refractivity contribution in [3.63, 3.8) is 0 Å². The summed E-state index contributed by atoms with van der Waals surface area (Å²) in [4.78, 5) is 2.46. The van der Waals surface area contributed by atoms with Gasteiger partial charge in [0.25, 0.3) is 0 Å². The minimum absolute atomic E-state index is 0.365. The molecule has 0 aromatic carbocycles. The zero-order valence-electron chi connectivity index (χ0n) is 14.9. The molecule has 1 fully saturated rings. The molecule has 8 nitrogen and oxygen atoms in total. The summed E-state index contributed by atoms with van der Waals surface area (Å²) in [7, 11) is 1.62. The van der Waals surface area contributed by atoms with E-state index in [1.165, 1.54) is 12.0 Å². The Morgan fingerprint density at radius 2 is 2.08 bits per heavy atom. The van der Waals surface area contributed by atoms with Gasteiger partial charge in [-0.3, -0.25) is 4.90 Å². The smallest absolute Gasteiger partial charge is 0.231 e. The number of likely N-dealkylation sites (tertiary alicyclic amines) is 1. The predicted molar refractivity (Wildman–Crippen MR) is 93.1 cm³/mol. The summed E-state index contributed by atoms with van der Waals surface area (Å²) >= 11 is 0. The first-order valence-electron chi connectivity index (χ1n) is 9.27. The molecule has 0 atom stereocenters. The molecule has 0 bridgehead atoms. The van der Waals surface area contributed by atoms with Crippen molar-refractivity contribution in [2.75, 3.05) is 20.2 Å². The molecule has 5 rings (SSSR count). The zero-order chi connectivity index (χ0) is 17.5. The largest absolute Gasteiger partial charge is 0.480 e. The molecule has 1 saturated heterocycles. The lowest BCUT2D eigenvalue weighted by Crippen LogP contribution is -2.33. The predicted octanol–water partition coefficient (Wildman–Crippen LogP) is 1.99. The maximum absolute atomic E-state index is 5.48. The Balaban J connectivity index is 1.28. The summed E-state index contributed by atoms with van der Waals surface area (Å²) in [5.74, 6) is 2.98. The van der Waals surface area contributed by atoms with Crippen molar-refractivity contribution in [3.8, 4) is 5.88 Å². The normalized spacial score (nSPS) is 18.5. The summed E-state index contributed by atoms with van der Waals surface area (Å²) in [5.41, 5.74) is 3.25. The third-order valence-corrected chi connectivity index (χ3v) is 5.58. The third-order valence-electron chi connectivity index (χ3n) is 5.58. The topological polar surface area (TPSA) is 81.6 Å². The second-order valence-electron chi connectivity index (χ2n) is 7.14. The number of nitrogens with zero attached hydrogens (tertiary/aromatic N) is 6. The first-order valence-corrected chi connectivity index (χ1v) is 9.27. The SMILES string of the molecule is COc1ccc2nnc(C3CCN(Cc4noc5c4CCC5)CC3)n2n1. The van der Waals surface area contributed by atoms with Crippen LogP contribution in [0, 0.1) is 0 Å². The van der Waals surface area contributed by atoms with Crippen LogP contribution in [0.2, 0.25) is 0 Å². The fourth-order valence-corrected chi connectivity index (χ4v) is 4.12. The van der Waals surface area contributed by atoms with Crippen LogP contribution in [0.15, 0.2) is 16.7 Å². The summed E-state index contributed by atoms with van der Waals surface area (Å²) in [6.45, 7) is 2.93. The monoisotopic (exact) mass is 354 g/mol. The van der Waals surface area contributed by atoms with E-state index in [1.54, 1.807) is 7.11 Å². The van der Waals surface area contributed by atoms with Crippen molar-refractivity contribution in [2.45, 2.75) is 44.6 Å². The van der Waals surface area contributed by atoms with Crippen LogP contribution in [-0.2, 0) is 19.4 Å². The van der Waals surface area contributed by atoms with Gasteiger partial charge in [0.15, 0.2) is 11.5 Å². The van der Waals surface area contributed by atoms with Crippen LogP contribution in [0.1, 0.15) is 48.0 Å². The molecule has 0 radical (unpaired) electrons. The van der Waals surface area contributed by atoms with E-state index in [9.17, 15) is 0 Å². The first-order chi connectivity index (χ1) is 12.8. The first kappa shape index (κ1) is 15.7. The lowest BCUT2D eigenvalue weighted by Gasteiger charge is -2.30. The summed E-state index contributed by atoms with van der Waals surface area (Å²) in [6, 6.07) is 3.70. The van der Waals surface area contributed by atoms with Gasteiger partial charge in [-0.15, -0.1) is 15.3 Å². The number of hydrogen-bond donors (Lipinski definition) is 0. The van der Waals surface area contributed by atoms with E-state index in [0.29, 0.717) is 11.8 Å². The van der Waals surface area contributed by atoms with Crippen LogP contribution in [0.25, 0.3) is 5.65 Å². The molecule has 0 unspecified atom stereocenters. The standard InChI is InChI=1S/C18H22N6O2/c1-25-17-6-5-16-19-20-18(24(16)21-17)12-7-9-23(10-8-12)11-14-13-3-2-4-15(13)26-22-14/h5-6,12H,2-4,7-11H2,1H3. The lowest BCUT2D eigenvalue weighted by molar-refractivity contribution is 0.195. The van der Waals surface area contributed by atoms with Gasteiger partial charge in [0.05, 0.1) is 7.11 Å². The van der Waals surface area contributed by atoms with Crippen molar-refractivity contribution < 1.29 is 9.26 Å². The number of aryl methyl sites for hydroxylation is 1. The van der Waals surface area contributed by atoms with Gasteiger partial charge in [-0.1, -0.05) is 5.16 Å². The van der Waals surface area contributed by atoms with Gasteiger partial charge < -0.3 is 9.26 Å². The molecule has 2 aliphatic rings. The van der Waals surface area contributed by atoms with Gasteiger partial charge in [0.2, 0.25) is 5.88 Å². The van der Waals surface area contributed by atoms with E-state index in [2.05, 4.69) is 25.4 Å². The quantitative estimate of drug-likeness (QED) is 0.708. The molecular formula is C18H22N6O2. The maximum Gasteiger partial charge on any atom is 0.231 e. The van der Waals surface area contributed by atoms with Gasteiger partial charge >= 0.3 is 0 Å². The maximum atomic E-state index is 5.48. The number of hydrogen-bond acceptors (Lipinski definition) is 7. The number of methoxy groups -OCH3 is 1. The highest BCUT2D eigenvalue weighted by molar-refractivity contribution is 5.38. The minimum atomic E-state index is 0.365. The molecule has 0 saturated carbocycles. The van der Waals surface area contributed by atoms with Crippen molar-refractivity contribution in [1.29, 1.82) is 0 Å². The second-order valence-corrected chi connectivity index (χ2v) is 7.14. The summed E-state index contributed by atoms with van der Waals surface area (Å²) < 4.78 is 12.5. The Hall–Kier alpha value is -2.48. The Bertz CT molecular complexity index is 925. The van der Waals surface area contributed by atoms with E-state index in [4.69, 9.17) is 9.26 Å². The number of ether oxygens (including phenoxy) is 1. The molecule has 4 heterocycles. The second kappa shape index (κ2) is 6.35. The molecule has 3 aromatic rings. The van der Waals surface area contributed by atoms with Crippen LogP contribution >= 0.6 is 0 Å². The molecule has 1 aliphatic carbocycles. The molecule has 0 amide bonds. The highest BCUT2D eigenvalue weighted by atomic mass is 16.5. The third kappa shape index (κ3) is 2.65. The fraction of sp³-hybridized carbons (Fsp3) is 0.556. The molecule has 0 spiro atoms. The Kier molecular flexibility index (Phi) is 3.85. The highest BCUT2D eigenvalue weighted by Gasteiger charge is 2.27. The Morgan fingerprint density at radius 1 is 1.19 bits per heavy atom. The molecule has 26 heavy (non-hydrogen) atoms. The van der Waals surface area contributed by atoms with Gasteiger partial charge in [-0.25, -0.2) is 0 Å². The van der Waals surface area contributed by atoms with Gasteiger partial charge in [0, 0.05) is 30.5 Å². The van der Waals surface area contributed by atoms with Crippen LogP contribution in [0.5, 0.6) is 5.88 Å². The molecule has 0 N–H and O–H groups in total. The zero-order valence-corrected chi connectivity index (χ0v) is 14.9. The van der Waals surface area contributed by atoms with Crippen molar-refractivity contribution in [1.82, 2.24) is 29.9 Å². The van der Waals surface area contributed by atoms with Crippen LogP contribution in [-0.4, -0.2) is 50.1 Å². The molecule has 136 valence electrons. The van der Waals surface area contributed by atoms with Crippen LogP contribution < -0.4 is 4.74 Å². The average Bonchev–Trinajstić information content (AvgIpc) is 3.39. The summed E-state index contributed by atoms with van der Waals surface area (Å²) in [6.07, 6.45) is 5.44. The molecule has 8 heteroatoms. The molecule has 1 aliphatic heterocycles. The van der Waals surface area contributed by atoms with E-state index >= 15 is 0 Å². The highest BCUT2D eigenvalue weighted by Crippen LogP contribution is 2.30. The van der Waals surface area contributed by atoms with Gasteiger partial charge in [-0.05, 0) is 44.8 Å². The van der Waals surface area contributed by atoms with E-state index < -0.39 is 0 Å².